The summed E-state index contributed by atoms with van der Waals surface area (Å²) in [6, 6.07) is 9.29. The van der Waals surface area contributed by atoms with Gasteiger partial charge in [-0.25, -0.2) is 19.7 Å². The largest absolute Gasteiger partial charge is 0.347 e. The second kappa shape index (κ2) is 10.7. The Morgan fingerprint density at radius 3 is 2.73 bits per heavy atom. The van der Waals surface area contributed by atoms with E-state index in [4.69, 9.17) is 18.7 Å². The van der Waals surface area contributed by atoms with Gasteiger partial charge >= 0.3 is 13.6 Å². The Balaban J connectivity index is 1.41. The van der Waals surface area contributed by atoms with Crippen LogP contribution in [0.3, 0.4) is 0 Å². The summed E-state index contributed by atoms with van der Waals surface area (Å²) in [7, 11) is -3.74. The van der Waals surface area contributed by atoms with E-state index in [0.717, 1.165) is 12.2 Å². The highest BCUT2D eigenvalue weighted by Gasteiger charge is 2.53. The van der Waals surface area contributed by atoms with Crippen molar-refractivity contribution < 1.29 is 33.0 Å². The van der Waals surface area contributed by atoms with Gasteiger partial charge in [0.25, 0.3) is 0 Å². The van der Waals surface area contributed by atoms with Crippen molar-refractivity contribution in [2.24, 2.45) is 0 Å². The number of aromatic nitrogens is 4. The predicted molar refractivity (Wildman–Crippen MR) is 133 cm³/mol. The number of urea groups is 1. The summed E-state index contributed by atoms with van der Waals surface area (Å²) >= 11 is 0. The van der Waals surface area contributed by atoms with Crippen LogP contribution in [0.2, 0.25) is 0 Å². The fourth-order valence-electron chi connectivity index (χ4n) is 4.22. The van der Waals surface area contributed by atoms with Crippen molar-refractivity contribution in [3.63, 3.8) is 0 Å². The molecule has 196 valence electrons. The van der Waals surface area contributed by atoms with Crippen LogP contribution in [-0.4, -0.2) is 74.9 Å². The van der Waals surface area contributed by atoms with Crippen molar-refractivity contribution in [2.45, 2.75) is 37.8 Å². The number of hydrogen-bond acceptors (Lipinski definition) is 9. The van der Waals surface area contributed by atoms with Crippen molar-refractivity contribution in [3.8, 4) is 0 Å². The first-order valence-corrected chi connectivity index (χ1v) is 13.7. The minimum Gasteiger partial charge on any atom is -0.347 e. The summed E-state index contributed by atoms with van der Waals surface area (Å²) in [5, 5.41) is 5.30. The Bertz CT molecular complexity index is 1330. The van der Waals surface area contributed by atoms with Crippen molar-refractivity contribution in [1.82, 2.24) is 24.8 Å². The summed E-state index contributed by atoms with van der Waals surface area (Å²) in [5.74, 6) is 0.239. The molecule has 6 atom stereocenters. The van der Waals surface area contributed by atoms with Crippen LogP contribution in [0.25, 0.3) is 17.2 Å². The average molecular weight is 530 g/mol. The molecule has 2 fully saturated rings. The van der Waals surface area contributed by atoms with E-state index in [9.17, 15) is 14.3 Å². The van der Waals surface area contributed by atoms with Gasteiger partial charge in [-0.2, -0.15) is 0 Å². The van der Waals surface area contributed by atoms with E-state index in [1.807, 2.05) is 36.4 Å². The number of benzene rings is 1. The highest BCUT2D eigenvalue weighted by atomic mass is 31.2. The number of nitrogens with zero attached hydrogens (tertiary/aromatic N) is 4. The third-order valence-corrected chi connectivity index (χ3v) is 6.42. The summed E-state index contributed by atoms with van der Waals surface area (Å²) < 4.78 is 37.1. The van der Waals surface area contributed by atoms with Crippen LogP contribution < -0.4 is 10.6 Å². The molecule has 13 nitrogen and oxygen atoms in total. The lowest BCUT2D eigenvalue weighted by Crippen LogP contribution is -2.31. The Morgan fingerprint density at radius 1 is 1.19 bits per heavy atom. The van der Waals surface area contributed by atoms with Crippen LogP contribution in [0, 0.1) is 0 Å². The average Bonchev–Trinajstić information content (AvgIpc) is 3.56. The van der Waals surface area contributed by atoms with Gasteiger partial charge in [0.1, 0.15) is 24.6 Å². The first kappa shape index (κ1) is 25.5. The lowest BCUT2D eigenvalue weighted by molar-refractivity contribution is -0.131. The summed E-state index contributed by atoms with van der Waals surface area (Å²) in [6.07, 6.45) is 3.22. The highest BCUT2D eigenvalue weighted by Crippen LogP contribution is 2.43. The highest BCUT2D eigenvalue weighted by molar-refractivity contribution is 7.51. The van der Waals surface area contributed by atoms with Gasteiger partial charge in [0.2, 0.25) is 0 Å². The molecule has 4 heterocycles. The number of fused-ring (bicyclic) bond motifs is 2. The van der Waals surface area contributed by atoms with Crippen LogP contribution in [0.4, 0.5) is 10.6 Å². The monoisotopic (exact) mass is 530 g/mol. The maximum atomic E-state index is 12.0. The smallest absolute Gasteiger partial charge is 0.325 e. The van der Waals surface area contributed by atoms with E-state index in [0.29, 0.717) is 17.7 Å². The zero-order valence-electron chi connectivity index (χ0n) is 20.1. The van der Waals surface area contributed by atoms with Gasteiger partial charge in [-0.15, -0.1) is 0 Å². The van der Waals surface area contributed by atoms with Gasteiger partial charge in [0.05, 0.1) is 12.9 Å². The molecule has 5 rings (SSSR count). The second-order valence-corrected chi connectivity index (χ2v) is 10.4. The zero-order valence-corrected chi connectivity index (χ0v) is 21.0. The Labute approximate surface area is 212 Å². The number of hydrogen-bond donors (Lipinski definition) is 3. The van der Waals surface area contributed by atoms with E-state index >= 15 is 0 Å². The minimum absolute atomic E-state index is 0.175. The molecule has 2 saturated heterocycles. The minimum atomic E-state index is -3.74. The normalized spacial score (nSPS) is 26.8. The van der Waals surface area contributed by atoms with Gasteiger partial charge in [0, 0.05) is 13.2 Å². The molecule has 1 unspecified atom stereocenters. The molecule has 37 heavy (non-hydrogen) atoms. The van der Waals surface area contributed by atoms with Gasteiger partial charge in [0.15, 0.2) is 29.5 Å². The molecule has 1 aromatic carbocycles. The molecule has 0 aliphatic carbocycles. The Kier molecular flexibility index (Phi) is 7.33. The number of imidazole rings is 1. The molecule has 14 heteroatoms. The molecular formula is C23H27N6O7P. The lowest BCUT2D eigenvalue weighted by atomic mass is 10.1. The zero-order chi connectivity index (χ0) is 26.0. The number of nitrogens with one attached hydrogen (secondary N) is 2. The fraction of sp³-hybridized carbons (Fsp3) is 0.391. The van der Waals surface area contributed by atoms with E-state index in [1.54, 1.807) is 17.6 Å². The Morgan fingerprint density at radius 2 is 1.97 bits per heavy atom. The molecule has 0 radical (unpaired) electrons. The van der Waals surface area contributed by atoms with Crippen LogP contribution in [0.5, 0.6) is 0 Å². The lowest BCUT2D eigenvalue weighted by Gasteiger charge is -2.20. The number of ether oxygens (including phenoxy) is 3. The van der Waals surface area contributed by atoms with Crippen molar-refractivity contribution in [1.29, 1.82) is 0 Å². The van der Waals surface area contributed by atoms with Crippen LogP contribution in [0.1, 0.15) is 18.7 Å². The molecule has 0 bridgehead atoms. The molecule has 3 aromatic rings. The first-order chi connectivity index (χ1) is 17.8. The van der Waals surface area contributed by atoms with Crippen molar-refractivity contribution >= 4 is 36.7 Å². The maximum Gasteiger partial charge on any atom is 0.325 e. The van der Waals surface area contributed by atoms with Gasteiger partial charge < -0.3 is 28.9 Å². The molecule has 0 spiro atoms. The molecule has 3 N–H and O–H groups in total. The number of carbonyl (C=O) groups excluding carboxylic acids is 1. The van der Waals surface area contributed by atoms with E-state index in [-0.39, 0.29) is 12.4 Å². The molecule has 2 aliphatic heterocycles. The number of amides is 2. The van der Waals surface area contributed by atoms with Crippen molar-refractivity contribution in [2.75, 3.05) is 25.1 Å². The van der Waals surface area contributed by atoms with Crippen molar-refractivity contribution in [3.05, 3.63) is 54.6 Å². The van der Waals surface area contributed by atoms with Crippen LogP contribution in [-0.2, 0) is 23.3 Å². The van der Waals surface area contributed by atoms with Gasteiger partial charge in [-0.05, 0) is 18.6 Å². The third kappa shape index (κ3) is 5.72. The first-order valence-electron chi connectivity index (χ1n) is 11.7. The molecular weight excluding hydrogens is 503 g/mol. The summed E-state index contributed by atoms with van der Waals surface area (Å²) in [6.45, 7) is 3.19. The van der Waals surface area contributed by atoms with Gasteiger partial charge in [-0.3, -0.25) is 14.4 Å². The molecule has 2 aromatic heterocycles. The van der Waals surface area contributed by atoms with Gasteiger partial charge in [-0.1, -0.05) is 36.4 Å². The van der Waals surface area contributed by atoms with Crippen LogP contribution >= 0.6 is 7.60 Å². The number of anilines is 1. The van der Waals surface area contributed by atoms with E-state index in [1.165, 1.54) is 12.7 Å². The predicted octanol–water partition coefficient (Wildman–Crippen LogP) is 2.52. The summed E-state index contributed by atoms with van der Waals surface area (Å²) in [5.41, 5.74) is 1.75. The topological polar surface area (TPSA) is 159 Å². The fourth-order valence-corrected chi connectivity index (χ4v) is 4.64. The van der Waals surface area contributed by atoms with E-state index in [2.05, 4.69) is 25.6 Å². The standard InChI is InChI=1S/C23H27N6O7P/c1-3-24-23(30)28-20-17-21(26-12-25-20)29(13-27-17)22-19-18(15(34-22)11-33-37(2,31)32)35-16(36-19)10-9-14-7-5-4-6-8-14/h4-10,12-13,15-16,18-19,22H,3,11H2,1-2H3,(H,31,32)(H2,24,25,26,28,30)/b10-9+/t15-,16+,18+,19+,22-/m1/s1. The quantitative estimate of drug-likeness (QED) is 0.370. The van der Waals surface area contributed by atoms with E-state index < -0.39 is 44.5 Å². The number of rotatable bonds is 8. The summed E-state index contributed by atoms with van der Waals surface area (Å²) in [4.78, 5) is 34.5. The molecule has 0 saturated carbocycles. The van der Waals surface area contributed by atoms with Crippen LogP contribution in [0.15, 0.2) is 49.1 Å². The third-order valence-electron chi connectivity index (χ3n) is 5.79. The second-order valence-electron chi connectivity index (χ2n) is 8.53. The molecule has 2 aliphatic rings. The molecule has 2 amide bonds. The number of carbonyl (C=O) groups is 1. The SMILES string of the molecule is CCNC(=O)Nc1ncnc2c1ncn2[C@@H]1O[C@H](COP(C)(=O)O)[C@@H]2O[C@H](/C=C/c3ccccc3)O[C@@H]21. The maximum absolute atomic E-state index is 12.0. The Hall–Kier alpha value is -3.19.